The molecule has 0 heterocycles. The third kappa shape index (κ3) is 13.9. The fraction of sp³-hybridized carbons (Fsp3) is 0.357. The van der Waals surface area contributed by atoms with Crippen LogP contribution in [0.15, 0.2) is 48.9 Å². The summed E-state index contributed by atoms with van der Waals surface area (Å²) in [7, 11) is 0. The first-order valence-corrected chi connectivity index (χ1v) is 5.87. The Morgan fingerprint density at radius 3 is 1.95 bits per heavy atom. The first-order chi connectivity index (χ1) is 8.81. The molecule has 0 saturated carbocycles. The van der Waals surface area contributed by atoms with Crippen molar-refractivity contribution in [1.82, 2.24) is 5.32 Å². The fourth-order valence-electron chi connectivity index (χ4n) is 1.03. The van der Waals surface area contributed by atoms with Gasteiger partial charge in [-0.25, -0.2) is 0 Å². The zero-order chi connectivity index (χ0) is 14.7. The summed E-state index contributed by atoms with van der Waals surface area (Å²) in [6.07, 6.45) is -0.0196. The Morgan fingerprint density at radius 1 is 1.21 bits per heavy atom. The number of carboxylic acid groups (broad SMARTS) is 1. The van der Waals surface area contributed by atoms with Crippen LogP contribution in [0, 0.1) is 0 Å². The maximum atomic E-state index is 10.1. The van der Waals surface area contributed by atoms with Crippen LogP contribution in [-0.4, -0.2) is 28.5 Å². The van der Waals surface area contributed by atoms with Gasteiger partial charge >= 0.3 is 5.97 Å². The third-order valence-corrected chi connectivity index (χ3v) is 1.70. The molecule has 1 aromatic rings. The van der Waals surface area contributed by atoms with Crippen molar-refractivity contribution in [2.24, 2.45) is 0 Å². The van der Waals surface area contributed by atoms with E-state index in [0.29, 0.717) is 0 Å². The minimum Gasteiger partial charge on any atom is -0.481 e. The summed E-state index contributed by atoms with van der Waals surface area (Å²) < 4.78 is 4.88. The summed E-state index contributed by atoms with van der Waals surface area (Å²) in [6.45, 7) is 6.59. The average molecular weight is 267 g/mol. The lowest BCUT2D eigenvalue weighted by Gasteiger charge is -2.21. The van der Waals surface area contributed by atoms with Crippen molar-refractivity contribution in [3.8, 4) is 0 Å². The maximum absolute atomic E-state index is 10.1. The summed E-state index contributed by atoms with van der Waals surface area (Å²) in [4.78, 5) is 10.1. The summed E-state index contributed by atoms with van der Waals surface area (Å²) >= 11 is 0. The molecule has 0 saturated heterocycles. The van der Waals surface area contributed by atoms with Gasteiger partial charge in [0.2, 0.25) is 5.79 Å². The number of nitrogens with one attached hydrogen (secondary N) is 1. The molecule has 106 valence electrons. The minimum atomic E-state index is -1.30. The molecular weight excluding hydrogens is 246 g/mol. The molecule has 5 nitrogen and oxygen atoms in total. The Bertz CT molecular complexity index is 344. The Kier molecular flexibility index (Phi) is 8.04. The number of benzene rings is 1. The number of carboxylic acids is 1. The molecule has 0 atom stereocenters. The zero-order valence-corrected chi connectivity index (χ0v) is 11.3. The van der Waals surface area contributed by atoms with Gasteiger partial charge < -0.3 is 20.3 Å². The van der Waals surface area contributed by atoms with Crippen LogP contribution in [0.1, 0.15) is 20.3 Å². The normalized spacial score (nSPS) is 9.84. The van der Waals surface area contributed by atoms with Crippen molar-refractivity contribution in [1.29, 1.82) is 0 Å². The third-order valence-electron chi connectivity index (χ3n) is 1.70. The molecule has 0 amide bonds. The Hall–Kier alpha value is -2.01. The predicted molar refractivity (Wildman–Crippen MR) is 73.2 cm³/mol. The van der Waals surface area contributed by atoms with E-state index in [1.165, 1.54) is 13.8 Å². The lowest BCUT2D eigenvalue weighted by molar-refractivity contribution is -0.151. The number of rotatable bonds is 6. The van der Waals surface area contributed by atoms with Gasteiger partial charge in [-0.15, -0.1) is 0 Å². The summed E-state index contributed by atoms with van der Waals surface area (Å²) in [5.41, 5.74) is 0. The van der Waals surface area contributed by atoms with Gasteiger partial charge in [0.15, 0.2) is 5.88 Å². The van der Waals surface area contributed by atoms with Gasteiger partial charge in [-0.1, -0.05) is 36.4 Å². The summed E-state index contributed by atoms with van der Waals surface area (Å²) in [6, 6.07) is 12.0. The molecule has 0 aliphatic rings. The molecule has 0 radical (unpaired) electrons. The van der Waals surface area contributed by atoms with Gasteiger partial charge in [-0.3, -0.25) is 4.79 Å². The van der Waals surface area contributed by atoms with E-state index in [0.717, 1.165) is 0 Å². The van der Waals surface area contributed by atoms with Crippen LogP contribution in [0.3, 0.4) is 0 Å². The second-order valence-electron chi connectivity index (χ2n) is 4.20. The van der Waals surface area contributed by atoms with Gasteiger partial charge in [-0.2, -0.15) is 0 Å². The molecule has 0 aromatic heterocycles. The molecule has 1 aromatic carbocycles. The smallest absolute Gasteiger partial charge is 0.305 e. The summed E-state index contributed by atoms with van der Waals surface area (Å²) in [5.74, 6) is -2.04. The van der Waals surface area contributed by atoms with Crippen LogP contribution in [0.2, 0.25) is 0 Å². The molecule has 0 aliphatic heterocycles. The highest BCUT2D eigenvalue weighted by atomic mass is 16.6. The van der Waals surface area contributed by atoms with E-state index in [1.807, 2.05) is 36.4 Å². The van der Waals surface area contributed by atoms with Crippen molar-refractivity contribution < 1.29 is 19.7 Å². The van der Waals surface area contributed by atoms with E-state index in [2.05, 4.69) is 11.9 Å². The molecule has 0 aliphatic carbocycles. The Morgan fingerprint density at radius 2 is 1.63 bits per heavy atom. The Labute approximate surface area is 113 Å². The Balaban J connectivity index is 0.000000443. The van der Waals surface area contributed by atoms with Crippen LogP contribution in [0.25, 0.3) is 0 Å². The fourth-order valence-corrected chi connectivity index (χ4v) is 1.03. The largest absolute Gasteiger partial charge is 0.481 e. The highest BCUT2D eigenvalue weighted by molar-refractivity contribution is 5.66. The lowest BCUT2D eigenvalue weighted by atomic mass is 10.4. The van der Waals surface area contributed by atoms with Gasteiger partial charge in [0.05, 0.1) is 6.42 Å². The van der Waals surface area contributed by atoms with Gasteiger partial charge in [0.25, 0.3) is 0 Å². The molecule has 0 spiro atoms. The van der Waals surface area contributed by atoms with Crippen LogP contribution >= 0.6 is 0 Å². The zero-order valence-electron chi connectivity index (χ0n) is 11.3. The molecule has 19 heavy (non-hydrogen) atoms. The van der Waals surface area contributed by atoms with Gasteiger partial charge in [-0.05, 0) is 6.58 Å². The quantitative estimate of drug-likeness (QED) is 0.542. The molecule has 5 heteroatoms. The molecular formula is C14H21NO4. The van der Waals surface area contributed by atoms with E-state index >= 15 is 0 Å². The number of aliphatic carboxylic acids is 1. The minimum absolute atomic E-state index is 0.0196. The van der Waals surface area contributed by atoms with Crippen molar-refractivity contribution in [3.05, 3.63) is 48.9 Å². The highest BCUT2D eigenvalue weighted by Gasteiger charge is 2.14. The number of aliphatic hydroxyl groups is 1. The standard InChI is InChI=1S/C8H15NO4.C6H6/c1-6(13-8(2,3)12)9-5-4-7(10)11;1-2-4-6-5-3-1/h9,12H,1,4-5H2,2-3H3,(H,10,11);1-6H. The number of hydrogen-bond donors (Lipinski definition) is 3. The first kappa shape index (κ1) is 17.0. The van der Waals surface area contributed by atoms with Crippen LogP contribution in [0.4, 0.5) is 0 Å². The second-order valence-corrected chi connectivity index (χ2v) is 4.20. The van der Waals surface area contributed by atoms with E-state index in [1.54, 1.807) is 0 Å². The van der Waals surface area contributed by atoms with Gasteiger partial charge in [0.1, 0.15) is 0 Å². The van der Waals surface area contributed by atoms with Crippen molar-refractivity contribution in [2.75, 3.05) is 6.54 Å². The lowest BCUT2D eigenvalue weighted by Crippen LogP contribution is -2.28. The maximum Gasteiger partial charge on any atom is 0.305 e. The SMILES string of the molecule is C=C(NCCC(=O)O)OC(C)(C)O.c1ccccc1. The predicted octanol–water partition coefficient (Wildman–Crippen LogP) is 1.95. The van der Waals surface area contributed by atoms with E-state index < -0.39 is 11.8 Å². The van der Waals surface area contributed by atoms with Crippen LogP contribution < -0.4 is 5.32 Å². The monoisotopic (exact) mass is 267 g/mol. The van der Waals surface area contributed by atoms with E-state index in [4.69, 9.17) is 14.9 Å². The molecule has 0 bridgehead atoms. The van der Waals surface area contributed by atoms with Crippen molar-refractivity contribution in [3.63, 3.8) is 0 Å². The van der Waals surface area contributed by atoms with E-state index in [9.17, 15) is 4.79 Å². The highest BCUT2D eigenvalue weighted by Crippen LogP contribution is 2.06. The van der Waals surface area contributed by atoms with Crippen LogP contribution in [0.5, 0.6) is 0 Å². The number of ether oxygens (including phenoxy) is 1. The first-order valence-electron chi connectivity index (χ1n) is 5.87. The van der Waals surface area contributed by atoms with Crippen molar-refractivity contribution in [2.45, 2.75) is 26.1 Å². The van der Waals surface area contributed by atoms with Crippen LogP contribution in [-0.2, 0) is 9.53 Å². The van der Waals surface area contributed by atoms with Gasteiger partial charge in [0, 0.05) is 20.4 Å². The molecule has 0 fully saturated rings. The molecule has 3 N–H and O–H groups in total. The second kappa shape index (κ2) is 8.99. The molecule has 1 rings (SSSR count). The molecule has 0 unspecified atom stereocenters. The average Bonchev–Trinajstić information content (AvgIpc) is 2.29. The summed E-state index contributed by atoms with van der Waals surface area (Å²) in [5, 5.41) is 20.1. The van der Waals surface area contributed by atoms with E-state index in [-0.39, 0.29) is 18.8 Å². The van der Waals surface area contributed by atoms with Crippen molar-refractivity contribution >= 4 is 5.97 Å². The number of hydrogen-bond acceptors (Lipinski definition) is 4. The topological polar surface area (TPSA) is 78.8 Å². The number of carbonyl (C=O) groups is 1.